The van der Waals surface area contributed by atoms with Gasteiger partial charge in [0.05, 0.1) is 11.6 Å². The standard InChI is InChI=1S/C13H13N3OS/c1-9-12(10(2)17)7-11(8-15)13(16-9)18-6-4-3-5-14/h7H,3-4,6H2,1-2H3. The topological polar surface area (TPSA) is 77.5 Å². The summed E-state index contributed by atoms with van der Waals surface area (Å²) in [6.07, 6.45) is 1.26. The van der Waals surface area contributed by atoms with Gasteiger partial charge < -0.3 is 0 Å². The maximum atomic E-state index is 11.4. The molecule has 1 heterocycles. The quantitative estimate of drug-likeness (QED) is 0.461. The maximum absolute atomic E-state index is 11.4. The van der Waals surface area contributed by atoms with Gasteiger partial charge in [-0.05, 0) is 26.3 Å². The first-order valence-electron chi connectivity index (χ1n) is 5.52. The summed E-state index contributed by atoms with van der Waals surface area (Å²) in [5, 5.41) is 18.1. The molecule has 0 bridgehead atoms. The molecule has 0 aliphatic carbocycles. The van der Waals surface area contributed by atoms with E-state index in [1.165, 1.54) is 18.7 Å². The van der Waals surface area contributed by atoms with E-state index in [0.717, 1.165) is 12.2 Å². The van der Waals surface area contributed by atoms with E-state index in [0.29, 0.717) is 28.3 Å². The van der Waals surface area contributed by atoms with E-state index in [4.69, 9.17) is 10.5 Å². The van der Waals surface area contributed by atoms with Crippen molar-refractivity contribution in [3.8, 4) is 12.1 Å². The molecule has 1 rings (SSSR count). The fraction of sp³-hybridized carbons (Fsp3) is 0.385. The summed E-state index contributed by atoms with van der Waals surface area (Å²) >= 11 is 1.45. The Morgan fingerprint density at radius 1 is 1.50 bits per heavy atom. The minimum absolute atomic E-state index is 0.0856. The van der Waals surface area contributed by atoms with Crippen molar-refractivity contribution in [3.63, 3.8) is 0 Å². The van der Waals surface area contributed by atoms with Gasteiger partial charge >= 0.3 is 0 Å². The molecule has 0 saturated carbocycles. The van der Waals surface area contributed by atoms with Gasteiger partial charge in [0.25, 0.3) is 0 Å². The molecule has 0 aliphatic heterocycles. The molecule has 0 unspecified atom stereocenters. The molecule has 0 spiro atoms. The van der Waals surface area contributed by atoms with Crippen LogP contribution in [-0.4, -0.2) is 16.5 Å². The second kappa shape index (κ2) is 6.78. The Bertz CT molecular complexity index is 540. The number of hydrogen-bond acceptors (Lipinski definition) is 5. The second-order valence-electron chi connectivity index (χ2n) is 3.75. The van der Waals surface area contributed by atoms with Crippen molar-refractivity contribution in [3.05, 3.63) is 22.9 Å². The van der Waals surface area contributed by atoms with Crippen molar-refractivity contribution in [1.29, 1.82) is 10.5 Å². The van der Waals surface area contributed by atoms with E-state index in [1.54, 1.807) is 13.0 Å². The van der Waals surface area contributed by atoms with Gasteiger partial charge in [-0.1, -0.05) is 0 Å². The molecule has 0 aliphatic rings. The Morgan fingerprint density at radius 2 is 2.22 bits per heavy atom. The summed E-state index contributed by atoms with van der Waals surface area (Å²) < 4.78 is 0. The first-order chi connectivity index (χ1) is 8.60. The molecule has 4 nitrogen and oxygen atoms in total. The lowest BCUT2D eigenvalue weighted by Gasteiger charge is -2.07. The van der Waals surface area contributed by atoms with Gasteiger partial charge in [-0.25, -0.2) is 4.98 Å². The van der Waals surface area contributed by atoms with Crippen LogP contribution < -0.4 is 0 Å². The van der Waals surface area contributed by atoms with Gasteiger partial charge in [0.15, 0.2) is 5.78 Å². The van der Waals surface area contributed by atoms with Crippen LogP contribution in [0.5, 0.6) is 0 Å². The molecule has 1 aromatic heterocycles. The highest BCUT2D eigenvalue weighted by atomic mass is 32.2. The maximum Gasteiger partial charge on any atom is 0.161 e. The molecule has 18 heavy (non-hydrogen) atoms. The predicted octanol–water partition coefficient (Wildman–Crippen LogP) is 2.86. The molecular formula is C13H13N3OS. The number of aromatic nitrogens is 1. The number of carbonyl (C=O) groups is 1. The van der Waals surface area contributed by atoms with E-state index in [9.17, 15) is 4.79 Å². The Labute approximate surface area is 111 Å². The number of ketones is 1. The first-order valence-corrected chi connectivity index (χ1v) is 6.51. The van der Waals surface area contributed by atoms with Crippen LogP contribution in [-0.2, 0) is 0 Å². The number of nitrogens with zero attached hydrogens (tertiary/aromatic N) is 3. The van der Waals surface area contributed by atoms with Crippen molar-refractivity contribution in [2.24, 2.45) is 0 Å². The molecule has 0 N–H and O–H groups in total. The summed E-state index contributed by atoms with van der Waals surface area (Å²) in [4.78, 5) is 15.7. The number of unbranched alkanes of at least 4 members (excludes halogenated alkanes) is 1. The molecule has 0 radical (unpaired) electrons. The minimum atomic E-state index is -0.0856. The van der Waals surface area contributed by atoms with Crippen LogP contribution >= 0.6 is 11.8 Å². The number of nitriles is 2. The normalized spacial score (nSPS) is 9.56. The van der Waals surface area contributed by atoms with Crippen LogP contribution in [0.15, 0.2) is 11.1 Å². The first kappa shape index (κ1) is 14.2. The van der Waals surface area contributed by atoms with Gasteiger partial charge in [0, 0.05) is 23.4 Å². The van der Waals surface area contributed by atoms with E-state index in [2.05, 4.69) is 17.1 Å². The number of pyridine rings is 1. The average Bonchev–Trinajstić information content (AvgIpc) is 2.34. The molecule has 5 heteroatoms. The Kier molecular flexibility index (Phi) is 5.35. The summed E-state index contributed by atoms with van der Waals surface area (Å²) in [7, 11) is 0. The summed E-state index contributed by atoms with van der Waals surface area (Å²) in [6.45, 7) is 3.22. The van der Waals surface area contributed by atoms with Crippen LogP contribution in [0.2, 0.25) is 0 Å². The predicted molar refractivity (Wildman–Crippen MR) is 69.3 cm³/mol. The van der Waals surface area contributed by atoms with E-state index < -0.39 is 0 Å². The number of hydrogen-bond donors (Lipinski definition) is 0. The van der Waals surface area contributed by atoms with Crippen LogP contribution in [0, 0.1) is 29.6 Å². The largest absolute Gasteiger partial charge is 0.294 e. The Morgan fingerprint density at radius 3 is 2.78 bits per heavy atom. The fourth-order valence-corrected chi connectivity index (χ4v) is 2.39. The molecular weight excluding hydrogens is 246 g/mol. The van der Waals surface area contributed by atoms with Crippen molar-refractivity contribution < 1.29 is 4.79 Å². The Hall–Kier alpha value is -1.85. The summed E-state index contributed by atoms with van der Waals surface area (Å²) in [5.74, 6) is 0.659. The fourth-order valence-electron chi connectivity index (χ4n) is 1.45. The van der Waals surface area contributed by atoms with Crippen molar-refractivity contribution >= 4 is 17.5 Å². The zero-order valence-corrected chi connectivity index (χ0v) is 11.2. The number of aryl methyl sites for hydroxylation is 1. The third kappa shape index (κ3) is 3.58. The van der Waals surface area contributed by atoms with Gasteiger partial charge in [0.2, 0.25) is 0 Å². The smallest absolute Gasteiger partial charge is 0.161 e. The summed E-state index contributed by atoms with van der Waals surface area (Å²) in [5.41, 5.74) is 1.56. The van der Waals surface area contributed by atoms with Gasteiger partial charge in [0.1, 0.15) is 11.1 Å². The van der Waals surface area contributed by atoms with Gasteiger partial charge in [-0.2, -0.15) is 10.5 Å². The number of Topliss-reactive ketones (excluding diaryl/α,β-unsaturated/α-hetero) is 1. The minimum Gasteiger partial charge on any atom is -0.294 e. The van der Waals surface area contributed by atoms with Crippen molar-refractivity contribution in [1.82, 2.24) is 4.98 Å². The lowest BCUT2D eigenvalue weighted by Crippen LogP contribution is -2.02. The molecule has 92 valence electrons. The van der Waals surface area contributed by atoms with Crippen LogP contribution in [0.4, 0.5) is 0 Å². The lowest BCUT2D eigenvalue weighted by molar-refractivity contribution is 0.101. The van der Waals surface area contributed by atoms with Gasteiger partial charge in [-0.15, -0.1) is 11.8 Å². The number of rotatable bonds is 5. The number of carbonyl (C=O) groups excluding carboxylic acids is 1. The van der Waals surface area contributed by atoms with Crippen LogP contribution in [0.1, 0.15) is 41.4 Å². The zero-order valence-electron chi connectivity index (χ0n) is 10.4. The van der Waals surface area contributed by atoms with Crippen molar-refractivity contribution in [2.75, 3.05) is 5.75 Å². The monoisotopic (exact) mass is 259 g/mol. The molecule has 0 aromatic carbocycles. The van der Waals surface area contributed by atoms with E-state index in [1.807, 2.05) is 0 Å². The van der Waals surface area contributed by atoms with E-state index >= 15 is 0 Å². The third-order valence-corrected chi connectivity index (χ3v) is 3.43. The highest BCUT2D eigenvalue weighted by Crippen LogP contribution is 2.23. The zero-order chi connectivity index (χ0) is 13.5. The molecule has 0 fully saturated rings. The molecule has 0 saturated heterocycles. The average molecular weight is 259 g/mol. The second-order valence-corrected chi connectivity index (χ2v) is 4.84. The highest BCUT2D eigenvalue weighted by Gasteiger charge is 2.12. The Balaban J connectivity index is 2.93. The van der Waals surface area contributed by atoms with Crippen LogP contribution in [0.25, 0.3) is 0 Å². The molecule has 0 amide bonds. The number of thioether (sulfide) groups is 1. The highest BCUT2D eigenvalue weighted by molar-refractivity contribution is 7.99. The molecule has 0 atom stereocenters. The summed E-state index contributed by atoms with van der Waals surface area (Å²) in [6, 6.07) is 5.73. The van der Waals surface area contributed by atoms with E-state index in [-0.39, 0.29) is 5.78 Å². The molecule has 1 aromatic rings. The van der Waals surface area contributed by atoms with Crippen LogP contribution in [0.3, 0.4) is 0 Å². The van der Waals surface area contributed by atoms with Crippen molar-refractivity contribution in [2.45, 2.75) is 31.7 Å². The third-order valence-electron chi connectivity index (χ3n) is 2.35. The van der Waals surface area contributed by atoms with Gasteiger partial charge in [-0.3, -0.25) is 4.79 Å². The SMILES string of the molecule is CC(=O)c1cc(C#N)c(SCCCC#N)nc1C. The lowest BCUT2D eigenvalue weighted by atomic mass is 10.1.